The topological polar surface area (TPSA) is 86.8 Å². The molecule has 0 spiro atoms. The number of carbonyl (C=O) groups is 2. The molecule has 2 heterocycles. The highest BCUT2D eigenvalue weighted by atomic mass is 19.1. The fourth-order valence-corrected chi connectivity index (χ4v) is 5.42. The van der Waals surface area contributed by atoms with Crippen molar-refractivity contribution in [3.05, 3.63) is 70.7 Å². The first-order valence-corrected chi connectivity index (χ1v) is 13.4. The Balaban J connectivity index is 1.92. The molecular formula is C32H33FN2O5. The number of carbonyl (C=O) groups excluding carboxylic acids is 2. The summed E-state index contributed by atoms with van der Waals surface area (Å²) < 4.78 is 33.3. The maximum atomic E-state index is 15.5. The normalized spacial score (nSPS) is 13.7. The summed E-state index contributed by atoms with van der Waals surface area (Å²) in [5, 5.41) is 4.55. The minimum atomic E-state index is -1.09. The molecule has 0 saturated heterocycles. The van der Waals surface area contributed by atoms with Crippen molar-refractivity contribution < 1.29 is 28.2 Å². The van der Waals surface area contributed by atoms with Gasteiger partial charge in [0.05, 0.1) is 29.9 Å². The average molecular weight is 545 g/mol. The Morgan fingerprint density at radius 2 is 1.95 bits per heavy atom. The minimum absolute atomic E-state index is 0.0654. The molecule has 1 aliphatic rings. The van der Waals surface area contributed by atoms with Gasteiger partial charge in [0.2, 0.25) is 0 Å². The zero-order chi connectivity index (χ0) is 28.8. The van der Waals surface area contributed by atoms with Gasteiger partial charge < -0.3 is 19.5 Å². The first-order chi connectivity index (χ1) is 19.0. The van der Waals surface area contributed by atoms with Crippen LogP contribution < -0.4 is 10.1 Å². The van der Waals surface area contributed by atoms with E-state index in [2.05, 4.69) is 5.32 Å². The van der Waals surface area contributed by atoms with Gasteiger partial charge in [0.25, 0.3) is 5.91 Å². The summed E-state index contributed by atoms with van der Waals surface area (Å²) in [5.41, 5.74) is 3.61. The molecule has 1 atom stereocenters. The van der Waals surface area contributed by atoms with Crippen LogP contribution in [0.1, 0.15) is 60.8 Å². The predicted octanol–water partition coefficient (Wildman–Crippen LogP) is 6.22. The lowest BCUT2D eigenvalue weighted by Gasteiger charge is -2.30. The van der Waals surface area contributed by atoms with Crippen LogP contribution in [0.5, 0.6) is 5.75 Å². The molecule has 1 aromatic heterocycles. The molecule has 40 heavy (non-hydrogen) atoms. The number of nitrogens with one attached hydrogen (secondary N) is 1. The minimum Gasteiger partial charge on any atom is -0.493 e. The van der Waals surface area contributed by atoms with E-state index in [-0.39, 0.29) is 12.2 Å². The number of nitrogens with zero attached hydrogens (tertiary/aromatic N) is 1. The molecule has 8 heteroatoms. The Labute approximate surface area is 232 Å². The van der Waals surface area contributed by atoms with Gasteiger partial charge in [-0.2, -0.15) is 0 Å². The molecule has 5 rings (SSSR count). The fourth-order valence-electron chi connectivity index (χ4n) is 5.42. The van der Waals surface area contributed by atoms with E-state index in [1.807, 2.05) is 52.0 Å². The van der Waals surface area contributed by atoms with E-state index in [1.54, 1.807) is 13.1 Å². The summed E-state index contributed by atoms with van der Waals surface area (Å²) in [7, 11) is 1.46. The van der Waals surface area contributed by atoms with Crippen LogP contribution in [0, 0.1) is 12.7 Å². The van der Waals surface area contributed by atoms with Crippen molar-refractivity contribution in [3.8, 4) is 16.9 Å². The van der Waals surface area contributed by atoms with Crippen molar-refractivity contribution in [2.75, 3.05) is 20.3 Å². The first-order valence-electron chi connectivity index (χ1n) is 13.4. The second-order valence-electron chi connectivity index (χ2n) is 10.9. The Kier molecular flexibility index (Phi) is 7.23. The molecule has 0 fully saturated rings. The quantitative estimate of drug-likeness (QED) is 0.290. The number of esters is 1. The fraction of sp³-hybridized carbons (Fsp3) is 0.344. The Morgan fingerprint density at radius 1 is 1.18 bits per heavy atom. The van der Waals surface area contributed by atoms with Crippen LogP contribution in [-0.4, -0.2) is 42.7 Å². The third-order valence-electron chi connectivity index (χ3n) is 7.02. The molecule has 0 radical (unpaired) electrons. The second-order valence-corrected chi connectivity index (χ2v) is 10.9. The smallest absolute Gasteiger partial charge is 0.339 e. The maximum Gasteiger partial charge on any atom is 0.339 e. The molecule has 0 aliphatic carbocycles. The van der Waals surface area contributed by atoms with Gasteiger partial charge in [-0.05, 0) is 92.4 Å². The molecule has 1 aliphatic heterocycles. The molecule has 208 valence electrons. The summed E-state index contributed by atoms with van der Waals surface area (Å²) in [5.74, 6) is -1.01. The van der Waals surface area contributed by atoms with Crippen LogP contribution in [0.2, 0.25) is 0 Å². The maximum absolute atomic E-state index is 15.5. The monoisotopic (exact) mass is 544 g/mol. The molecule has 1 unspecified atom stereocenters. The zero-order valence-electron chi connectivity index (χ0n) is 23.6. The molecule has 1 amide bonds. The zero-order valence-corrected chi connectivity index (χ0v) is 23.6. The predicted molar refractivity (Wildman–Crippen MR) is 152 cm³/mol. The number of ether oxygens (including phenoxy) is 3. The lowest BCUT2D eigenvalue weighted by atomic mass is 9.85. The van der Waals surface area contributed by atoms with Crippen molar-refractivity contribution in [1.29, 1.82) is 0 Å². The second kappa shape index (κ2) is 10.5. The summed E-state index contributed by atoms with van der Waals surface area (Å²) >= 11 is 0. The number of fused-ring (bicyclic) bond motifs is 1. The van der Waals surface area contributed by atoms with Gasteiger partial charge >= 0.3 is 5.97 Å². The number of pyridine rings is 1. The van der Waals surface area contributed by atoms with Crippen molar-refractivity contribution in [3.63, 3.8) is 0 Å². The third-order valence-corrected chi connectivity index (χ3v) is 7.02. The van der Waals surface area contributed by atoms with Crippen LogP contribution in [0.3, 0.4) is 0 Å². The van der Waals surface area contributed by atoms with Crippen molar-refractivity contribution in [2.24, 2.45) is 0 Å². The first kappa shape index (κ1) is 27.5. The van der Waals surface area contributed by atoms with Crippen LogP contribution in [0.15, 0.2) is 42.6 Å². The number of aromatic nitrogens is 1. The highest BCUT2D eigenvalue weighted by molar-refractivity contribution is 6.10. The highest BCUT2D eigenvalue weighted by Gasteiger charge is 2.34. The lowest BCUT2D eigenvalue weighted by Crippen LogP contribution is -2.29. The van der Waals surface area contributed by atoms with E-state index in [0.29, 0.717) is 39.6 Å². The third kappa shape index (κ3) is 4.88. The largest absolute Gasteiger partial charge is 0.493 e. The van der Waals surface area contributed by atoms with Crippen LogP contribution in [0.4, 0.5) is 4.39 Å². The van der Waals surface area contributed by atoms with Crippen molar-refractivity contribution in [1.82, 2.24) is 10.3 Å². The molecular weight excluding hydrogens is 511 g/mol. The van der Waals surface area contributed by atoms with Gasteiger partial charge in [-0.15, -0.1) is 0 Å². The van der Waals surface area contributed by atoms with Gasteiger partial charge in [0, 0.05) is 36.2 Å². The number of halogens is 1. The molecule has 0 saturated carbocycles. The molecule has 7 nitrogen and oxygen atoms in total. The number of hydrogen-bond acceptors (Lipinski definition) is 6. The lowest BCUT2D eigenvalue weighted by molar-refractivity contribution is -0.166. The van der Waals surface area contributed by atoms with Gasteiger partial charge in [-0.1, -0.05) is 6.07 Å². The van der Waals surface area contributed by atoms with E-state index in [1.165, 1.54) is 19.2 Å². The van der Waals surface area contributed by atoms with Crippen molar-refractivity contribution in [2.45, 2.75) is 52.7 Å². The summed E-state index contributed by atoms with van der Waals surface area (Å²) in [4.78, 5) is 30.6. The number of rotatable bonds is 6. The Bertz CT molecular complexity index is 1650. The summed E-state index contributed by atoms with van der Waals surface area (Å²) in [6.07, 6.45) is 1.40. The Hall–Kier alpha value is -4.04. The van der Waals surface area contributed by atoms with E-state index >= 15 is 4.39 Å². The van der Waals surface area contributed by atoms with Crippen molar-refractivity contribution >= 4 is 33.6 Å². The number of hydrogen-bond donors (Lipinski definition) is 1. The SMILES string of the molecule is CCOC(=O)C(OC(C)(C)C)c1c(C)cc2cc(C(=O)NC)c(F)cc2c1-c1ccc2c3c(ccnc13)CCO2. The number of aryl methyl sites for hydroxylation is 1. The standard InChI is InChI=1S/C32H33FN2O5/c1-7-38-31(37)29(40-32(3,4)5)25-17(2)14-19-15-22(30(36)34-6)23(33)16-21(19)27(25)20-8-9-24-26-18(11-13-39-24)10-12-35-28(20)26/h8-10,12,14-16,29H,7,11,13H2,1-6H3,(H,34,36). The van der Waals surface area contributed by atoms with E-state index in [4.69, 9.17) is 19.2 Å². The molecule has 3 aromatic carbocycles. The van der Waals surface area contributed by atoms with Gasteiger partial charge in [-0.25, -0.2) is 9.18 Å². The van der Waals surface area contributed by atoms with Crippen LogP contribution >= 0.6 is 0 Å². The highest BCUT2D eigenvalue weighted by Crippen LogP contribution is 2.45. The summed E-state index contributed by atoms with van der Waals surface area (Å²) in [6, 6.07) is 10.5. The van der Waals surface area contributed by atoms with Gasteiger partial charge in [-0.3, -0.25) is 9.78 Å². The van der Waals surface area contributed by atoms with Gasteiger partial charge in [0.15, 0.2) is 6.10 Å². The van der Waals surface area contributed by atoms with Gasteiger partial charge in [0.1, 0.15) is 11.6 Å². The van der Waals surface area contributed by atoms with E-state index < -0.39 is 29.4 Å². The Morgan fingerprint density at radius 3 is 2.65 bits per heavy atom. The number of amides is 1. The molecule has 4 aromatic rings. The molecule has 1 N–H and O–H groups in total. The average Bonchev–Trinajstić information content (AvgIpc) is 2.91. The van der Waals surface area contributed by atoms with E-state index in [0.717, 1.165) is 28.7 Å². The van der Waals surface area contributed by atoms with Crippen LogP contribution in [0.25, 0.3) is 32.8 Å². The van der Waals surface area contributed by atoms with Crippen LogP contribution in [-0.2, 0) is 20.7 Å². The van der Waals surface area contributed by atoms with E-state index in [9.17, 15) is 9.59 Å². The summed E-state index contributed by atoms with van der Waals surface area (Å²) in [6.45, 7) is 9.97. The molecule has 0 bridgehead atoms. The number of benzene rings is 3.